The Morgan fingerprint density at radius 1 is 1.63 bits per heavy atom. The van der Waals surface area contributed by atoms with E-state index in [1.54, 1.807) is 6.07 Å². The van der Waals surface area contributed by atoms with Crippen molar-refractivity contribution < 1.29 is 14.3 Å². The van der Waals surface area contributed by atoms with E-state index in [2.05, 4.69) is 15.0 Å². The van der Waals surface area contributed by atoms with Crippen LogP contribution in [-0.2, 0) is 9.47 Å². The van der Waals surface area contributed by atoms with Gasteiger partial charge >= 0.3 is 5.97 Å². The van der Waals surface area contributed by atoms with Gasteiger partial charge in [-0.2, -0.15) is 0 Å². The molecule has 1 aromatic heterocycles. The summed E-state index contributed by atoms with van der Waals surface area (Å²) in [6.45, 7) is 1.39. The maximum Gasteiger partial charge on any atom is 0.358 e. The number of ether oxygens (including phenoxy) is 2. The molecule has 0 spiro atoms. The third-order valence-corrected chi connectivity index (χ3v) is 3.43. The van der Waals surface area contributed by atoms with E-state index in [-0.39, 0.29) is 22.0 Å². The smallest absolute Gasteiger partial charge is 0.358 e. The predicted molar refractivity (Wildman–Crippen MR) is 73.1 cm³/mol. The fourth-order valence-electron chi connectivity index (χ4n) is 1.89. The molecule has 0 aromatic carbocycles. The molecule has 1 aromatic rings. The van der Waals surface area contributed by atoms with Gasteiger partial charge in [0.2, 0.25) is 0 Å². The van der Waals surface area contributed by atoms with E-state index >= 15 is 0 Å². The van der Waals surface area contributed by atoms with Crippen molar-refractivity contribution in [1.29, 1.82) is 0 Å². The predicted octanol–water partition coefficient (Wildman–Crippen LogP) is 2.77. The number of rotatable bonds is 4. The van der Waals surface area contributed by atoms with Gasteiger partial charge in [-0.1, -0.05) is 23.2 Å². The van der Waals surface area contributed by atoms with Crippen LogP contribution in [-0.4, -0.2) is 37.3 Å². The molecule has 1 aliphatic rings. The topological polar surface area (TPSA) is 60.5 Å². The highest BCUT2D eigenvalue weighted by Crippen LogP contribution is 2.28. The van der Waals surface area contributed by atoms with Crippen LogP contribution in [0.2, 0.25) is 10.2 Å². The molecule has 1 unspecified atom stereocenters. The number of anilines is 1. The number of halogens is 2. The third-order valence-electron chi connectivity index (χ3n) is 2.85. The molecule has 0 bridgehead atoms. The lowest BCUT2D eigenvalue weighted by Crippen LogP contribution is -2.19. The Labute approximate surface area is 121 Å². The number of pyridine rings is 1. The van der Waals surface area contributed by atoms with Crippen LogP contribution in [0.4, 0.5) is 5.69 Å². The van der Waals surface area contributed by atoms with Crippen molar-refractivity contribution in [3.05, 3.63) is 21.9 Å². The summed E-state index contributed by atoms with van der Waals surface area (Å²) in [7, 11) is 1.26. The number of carbonyl (C=O) groups is 1. The lowest BCUT2D eigenvalue weighted by atomic mass is 10.2. The number of methoxy groups -OCH3 is 1. The van der Waals surface area contributed by atoms with Crippen molar-refractivity contribution in [1.82, 2.24) is 4.98 Å². The van der Waals surface area contributed by atoms with Gasteiger partial charge in [-0.25, -0.2) is 9.78 Å². The highest BCUT2D eigenvalue weighted by atomic mass is 35.5. The summed E-state index contributed by atoms with van der Waals surface area (Å²) in [6.07, 6.45) is 2.22. The summed E-state index contributed by atoms with van der Waals surface area (Å²) >= 11 is 12.0. The first-order valence-corrected chi connectivity index (χ1v) is 6.67. The van der Waals surface area contributed by atoms with E-state index in [4.69, 9.17) is 27.9 Å². The van der Waals surface area contributed by atoms with Gasteiger partial charge in [0.1, 0.15) is 5.15 Å². The Morgan fingerprint density at radius 2 is 2.42 bits per heavy atom. The minimum absolute atomic E-state index is 0.00602. The van der Waals surface area contributed by atoms with Gasteiger partial charge in [0, 0.05) is 19.2 Å². The van der Waals surface area contributed by atoms with E-state index in [0.717, 1.165) is 19.4 Å². The molecular weight excluding hydrogens is 291 g/mol. The summed E-state index contributed by atoms with van der Waals surface area (Å²) in [4.78, 5) is 15.4. The van der Waals surface area contributed by atoms with Crippen LogP contribution in [0.25, 0.3) is 0 Å². The van der Waals surface area contributed by atoms with Crippen molar-refractivity contribution in [2.24, 2.45) is 0 Å². The molecule has 7 heteroatoms. The molecule has 0 radical (unpaired) electrons. The highest BCUT2D eigenvalue weighted by Gasteiger charge is 2.19. The van der Waals surface area contributed by atoms with E-state index < -0.39 is 5.97 Å². The average molecular weight is 305 g/mol. The molecule has 2 heterocycles. The fourth-order valence-corrected chi connectivity index (χ4v) is 2.32. The highest BCUT2D eigenvalue weighted by molar-refractivity contribution is 6.37. The third kappa shape index (κ3) is 3.49. The molecule has 1 N–H and O–H groups in total. The van der Waals surface area contributed by atoms with Crippen LogP contribution in [0.1, 0.15) is 23.3 Å². The summed E-state index contributed by atoms with van der Waals surface area (Å²) < 4.78 is 10.1. The van der Waals surface area contributed by atoms with Gasteiger partial charge < -0.3 is 14.8 Å². The van der Waals surface area contributed by atoms with Gasteiger partial charge in [0.15, 0.2) is 5.69 Å². The first kappa shape index (κ1) is 14.4. The van der Waals surface area contributed by atoms with Crippen LogP contribution in [0.15, 0.2) is 6.07 Å². The largest absolute Gasteiger partial charge is 0.464 e. The molecule has 19 heavy (non-hydrogen) atoms. The summed E-state index contributed by atoms with van der Waals surface area (Å²) in [5.41, 5.74) is 0.559. The second kappa shape index (κ2) is 6.41. The Kier molecular flexibility index (Phi) is 4.85. The van der Waals surface area contributed by atoms with E-state index in [1.165, 1.54) is 7.11 Å². The molecule has 104 valence electrons. The Bertz CT molecular complexity index is 476. The number of aromatic nitrogens is 1. The monoisotopic (exact) mass is 304 g/mol. The molecule has 1 atom stereocenters. The van der Waals surface area contributed by atoms with Crippen LogP contribution in [0.5, 0.6) is 0 Å². The summed E-state index contributed by atoms with van der Waals surface area (Å²) in [5.74, 6) is -0.618. The normalized spacial score (nSPS) is 18.4. The van der Waals surface area contributed by atoms with Crippen LogP contribution < -0.4 is 5.32 Å². The number of carbonyl (C=O) groups excluding carboxylic acids is 1. The number of hydrogen-bond donors (Lipinski definition) is 1. The van der Waals surface area contributed by atoms with Gasteiger partial charge in [0.25, 0.3) is 0 Å². The number of esters is 1. The second-order valence-electron chi connectivity index (χ2n) is 4.16. The van der Waals surface area contributed by atoms with Crippen molar-refractivity contribution in [2.45, 2.75) is 18.9 Å². The first-order chi connectivity index (χ1) is 9.11. The summed E-state index contributed by atoms with van der Waals surface area (Å²) in [6, 6.07) is 1.57. The minimum Gasteiger partial charge on any atom is -0.464 e. The zero-order valence-electron chi connectivity index (χ0n) is 10.4. The quantitative estimate of drug-likeness (QED) is 0.684. The lowest BCUT2D eigenvalue weighted by Gasteiger charge is -2.14. The van der Waals surface area contributed by atoms with E-state index in [9.17, 15) is 4.79 Å². The molecule has 1 saturated heterocycles. The van der Waals surface area contributed by atoms with Crippen molar-refractivity contribution in [3.8, 4) is 0 Å². The second-order valence-corrected chi connectivity index (χ2v) is 4.93. The molecule has 5 nitrogen and oxygen atoms in total. The van der Waals surface area contributed by atoms with Gasteiger partial charge in [-0.15, -0.1) is 0 Å². The lowest BCUT2D eigenvalue weighted by molar-refractivity contribution is 0.0594. The fraction of sp³-hybridized carbons (Fsp3) is 0.500. The molecule has 0 saturated carbocycles. The Morgan fingerprint density at radius 3 is 3.05 bits per heavy atom. The Balaban J connectivity index is 2.14. The molecule has 1 fully saturated rings. The maximum atomic E-state index is 11.5. The van der Waals surface area contributed by atoms with Gasteiger partial charge in [-0.05, 0) is 12.8 Å². The van der Waals surface area contributed by atoms with E-state index in [1.807, 2.05) is 0 Å². The summed E-state index contributed by atoms with van der Waals surface area (Å²) in [5, 5.41) is 3.51. The van der Waals surface area contributed by atoms with Crippen LogP contribution >= 0.6 is 23.2 Å². The van der Waals surface area contributed by atoms with Crippen molar-refractivity contribution in [2.75, 3.05) is 25.6 Å². The molecule has 0 amide bonds. The number of hydrogen-bond acceptors (Lipinski definition) is 5. The molecular formula is C12H14Cl2N2O3. The molecule has 1 aliphatic heterocycles. The standard InChI is InChI=1S/C12H14Cl2N2O3/c1-18-12(17)11-10(14)8(5-9(13)16-11)15-6-7-3-2-4-19-7/h5,7H,2-4,6H2,1H3,(H,15,16). The number of nitrogens with one attached hydrogen (secondary N) is 1. The maximum absolute atomic E-state index is 11.5. The first-order valence-electron chi connectivity index (χ1n) is 5.91. The van der Waals surface area contributed by atoms with Crippen LogP contribution in [0.3, 0.4) is 0 Å². The van der Waals surface area contributed by atoms with Gasteiger partial charge in [0.05, 0.1) is 23.9 Å². The van der Waals surface area contributed by atoms with Crippen LogP contribution in [0, 0.1) is 0 Å². The molecule has 0 aliphatic carbocycles. The average Bonchev–Trinajstić information content (AvgIpc) is 2.91. The molecule has 2 rings (SSSR count). The van der Waals surface area contributed by atoms with Crippen molar-refractivity contribution in [3.63, 3.8) is 0 Å². The minimum atomic E-state index is -0.618. The zero-order valence-corrected chi connectivity index (χ0v) is 11.9. The van der Waals surface area contributed by atoms with Gasteiger partial charge in [-0.3, -0.25) is 0 Å². The SMILES string of the molecule is COC(=O)c1nc(Cl)cc(NCC2CCCO2)c1Cl. The number of nitrogens with zero attached hydrogens (tertiary/aromatic N) is 1. The van der Waals surface area contributed by atoms with Crippen molar-refractivity contribution >= 4 is 34.9 Å². The zero-order chi connectivity index (χ0) is 13.8. The Hall–Kier alpha value is -1.04. The van der Waals surface area contributed by atoms with E-state index in [0.29, 0.717) is 12.2 Å².